The summed E-state index contributed by atoms with van der Waals surface area (Å²) in [7, 11) is 1.73. The van der Waals surface area contributed by atoms with Crippen LogP contribution in [0, 0.1) is 0 Å². The van der Waals surface area contributed by atoms with E-state index in [0.717, 1.165) is 0 Å². The molecule has 7 heteroatoms. The molecule has 0 bridgehead atoms. The molecule has 0 unspecified atom stereocenters. The monoisotopic (exact) mass is 239 g/mol. The lowest BCUT2D eigenvalue weighted by atomic mass is 10.2. The first-order valence-electron chi connectivity index (χ1n) is 4.96. The predicted octanol–water partition coefficient (Wildman–Crippen LogP) is 1.27. The Morgan fingerprint density at radius 3 is 2.76 bits per heavy atom. The minimum atomic E-state index is -2.67. The van der Waals surface area contributed by atoms with E-state index >= 15 is 0 Å². The first kappa shape index (κ1) is 11.6. The maximum absolute atomic E-state index is 12.7. The Bertz CT molecular complexity index is 523. The zero-order chi connectivity index (χ0) is 12.4. The number of hydrogen-bond donors (Lipinski definition) is 1. The number of nitrogens with two attached hydrogens (primary N) is 1. The van der Waals surface area contributed by atoms with E-state index in [0.29, 0.717) is 5.69 Å². The molecule has 2 N–H and O–H groups in total. The summed E-state index contributed by atoms with van der Waals surface area (Å²) in [6.07, 6.45) is 0.342. The van der Waals surface area contributed by atoms with E-state index in [4.69, 9.17) is 5.73 Å². The topological polar surface area (TPSA) is 69.6 Å². The Morgan fingerprint density at radius 1 is 1.47 bits per heavy atom. The molecule has 2 aromatic rings. The van der Waals surface area contributed by atoms with Crippen LogP contribution in [0.15, 0.2) is 18.5 Å². The third-order valence-electron chi connectivity index (χ3n) is 2.27. The number of aromatic nitrogens is 4. The molecule has 2 rings (SSSR count). The van der Waals surface area contributed by atoms with Crippen LogP contribution < -0.4 is 5.73 Å². The highest BCUT2D eigenvalue weighted by atomic mass is 19.3. The minimum Gasteiger partial charge on any atom is -0.326 e. The number of halogens is 2. The molecule has 0 aliphatic carbocycles. The maximum Gasteiger partial charge on any atom is 0.280 e. The van der Waals surface area contributed by atoms with Crippen LogP contribution in [-0.2, 0) is 13.6 Å². The van der Waals surface area contributed by atoms with E-state index in [2.05, 4.69) is 15.1 Å². The quantitative estimate of drug-likeness (QED) is 0.875. The fraction of sp³-hybridized carbons (Fsp3) is 0.300. The highest BCUT2D eigenvalue weighted by Crippen LogP contribution is 2.22. The summed E-state index contributed by atoms with van der Waals surface area (Å²) in [5.74, 6) is 0.179. The van der Waals surface area contributed by atoms with Crippen molar-refractivity contribution in [3.05, 3.63) is 29.7 Å². The van der Waals surface area contributed by atoms with Crippen LogP contribution in [0.1, 0.15) is 17.7 Å². The van der Waals surface area contributed by atoms with Crippen molar-refractivity contribution in [2.45, 2.75) is 13.0 Å². The number of rotatable bonds is 3. The Balaban J connectivity index is 2.47. The second-order valence-electron chi connectivity index (χ2n) is 3.48. The molecule has 0 spiro atoms. The van der Waals surface area contributed by atoms with E-state index in [1.54, 1.807) is 24.0 Å². The van der Waals surface area contributed by atoms with E-state index in [-0.39, 0.29) is 23.6 Å². The van der Waals surface area contributed by atoms with E-state index < -0.39 is 6.43 Å². The highest BCUT2D eigenvalue weighted by molar-refractivity contribution is 5.48. The molecular weight excluding hydrogens is 228 g/mol. The molecule has 90 valence electrons. The van der Waals surface area contributed by atoms with Gasteiger partial charge in [-0.3, -0.25) is 4.68 Å². The van der Waals surface area contributed by atoms with Gasteiger partial charge in [-0.05, 0) is 6.07 Å². The van der Waals surface area contributed by atoms with Crippen LogP contribution in [0.2, 0.25) is 0 Å². The van der Waals surface area contributed by atoms with E-state index in [9.17, 15) is 8.78 Å². The number of aryl methyl sites for hydroxylation is 1. The van der Waals surface area contributed by atoms with Gasteiger partial charge in [0, 0.05) is 31.5 Å². The Morgan fingerprint density at radius 2 is 2.24 bits per heavy atom. The van der Waals surface area contributed by atoms with Crippen LogP contribution in [0.25, 0.3) is 11.5 Å². The summed E-state index contributed by atoms with van der Waals surface area (Å²) in [4.78, 5) is 7.79. The predicted molar refractivity (Wildman–Crippen MR) is 57.1 cm³/mol. The van der Waals surface area contributed by atoms with E-state index in [1.165, 1.54) is 6.20 Å². The average molecular weight is 239 g/mol. The third kappa shape index (κ3) is 2.28. The van der Waals surface area contributed by atoms with Crippen molar-refractivity contribution in [2.75, 3.05) is 0 Å². The van der Waals surface area contributed by atoms with Gasteiger partial charge < -0.3 is 5.73 Å². The molecule has 0 aliphatic heterocycles. The lowest BCUT2D eigenvalue weighted by molar-refractivity contribution is 0.144. The molecule has 0 aliphatic rings. The molecule has 5 nitrogen and oxygen atoms in total. The zero-order valence-corrected chi connectivity index (χ0v) is 9.14. The molecule has 2 aromatic heterocycles. The second kappa shape index (κ2) is 4.54. The normalized spacial score (nSPS) is 11.1. The number of hydrogen-bond acceptors (Lipinski definition) is 4. The second-order valence-corrected chi connectivity index (χ2v) is 3.48. The fourth-order valence-electron chi connectivity index (χ4n) is 1.42. The van der Waals surface area contributed by atoms with Crippen LogP contribution in [-0.4, -0.2) is 19.7 Å². The molecule has 0 saturated heterocycles. The standard InChI is InChI=1S/C10H11F2N5/c1-17-3-2-7(16-17)10-14-5-6(4-13)8(15-10)9(11)12/h2-3,5,9H,4,13H2,1H3. The van der Waals surface area contributed by atoms with Gasteiger partial charge in [-0.15, -0.1) is 0 Å². The lowest BCUT2D eigenvalue weighted by Crippen LogP contribution is -2.07. The van der Waals surface area contributed by atoms with Crippen LogP contribution >= 0.6 is 0 Å². The minimum absolute atomic E-state index is 0.0117. The summed E-state index contributed by atoms with van der Waals surface area (Å²) in [6.45, 7) is -0.0117. The van der Waals surface area contributed by atoms with Gasteiger partial charge >= 0.3 is 0 Å². The van der Waals surface area contributed by atoms with Crippen LogP contribution in [0.5, 0.6) is 0 Å². The van der Waals surface area contributed by atoms with Gasteiger partial charge in [0.15, 0.2) is 5.82 Å². The summed E-state index contributed by atoms with van der Waals surface area (Å²) < 4.78 is 27.0. The van der Waals surface area contributed by atoms with Crippen LogP contribution in [0.3, 0.4) is 0 Å². The summed E-state index contributed by atoms with van der Waals surface area (Å²) in [6, 6.07) is 1.66. The zero-order valence-electron chi connectivity index (χ0n) is 9.14. The summed E-state index contributed by atoms with van der Waals surface area (Å²) in [5, 5.41) is 4.05. The molecule has 0 atom stereocenters. The number of alkyl halides is 2. The van der Waals surface area contributed by atoms with Gasteiger partial charge in [0.1, 0.15) is 11.4 Å². The number of nitrogens with zero attached hydrogens (tertiary/aromatic N) is 4. The Hall–Kier alpha value is -1.89. The first-order valence-corrected chi connectivity index (χ1v) is 4.96. The van der Waals surface area contributed by atoms with Crippen molar-refractivity contribution in [2.24, 2.45) is 12.8 Å². The van der Waals surface area contributed by atoms with Crippen LogP contribution in [0.4, 0.5) is 8.78 Å². The molecule has 0 amide bonds. The molecule has 2 heterocycles. The van der Waals surface area contributed by atoms with Crippen molar-refractivity contribution in [1.29, 1.82) is 0 Å². The van der Waals surface area contributed by atoms with Crippen molar-refractivity contribution >= 4 is 0 Å². The maximum atomic E-state index is 12.7. The molecule has 17 heavy (non-hydrogen) atoms. The average Bonchev–Trinajstić information content (AvgIpc) is 2.75. The van der Waals surface area contributed by atoms with Gasteiger partial charge in [-0.1, -0.05) is 0 Å². The third-order valence-corrected chi connectivity index (χ3v) is 2.27. The van der Waals surface area contributed by atoms with Gasteiger partial charge in [0.2, 0.25) is 0 Å². The largest absolute Gasteiger partial charge is 0.326 e. The van der Waals surface area contributed by atoms with Crippen molar-refractivity contribution in [1.82, 2.24) is 19.7 Å². The summed E-state index contributed by atoms with van der Waals surface area (Å²) >= 11 is 0. The molecule has 0 saturated carbocycles. The smallest absolute Gasteiger partial charge is 0.280 e. The van der Waals surface area contributed by atoms with Gasteiger partial charge in [-0.25, -0.2) is 18.7 Å². The van der Waals surface area contributed by atoms with E-state index in [1.807, 2.05) is 0 Å². The molecule has 0 radical (unpaired) electrons. The Kier molecular flexibility index (Phi) is 3.10. The fourth-order valence-corrected chi connectivity index (χ4v) is 1.42. The summed E-state index contributed by atoms with van der Waals surface area (Å²) in [5.41, 5.74) is 5.72. The van der Waals surface area contributed by atoms with Gasteiger partial charge in [-0.2, -0.15) is 5.10 Å². The highest BCUT2D eigenvalue weighted by Gasteiger charge is 2.17. The van der Waals surface area contributed by atoms with Gasteiger partial charge in [0.05, 0.1) is 0 Å². The van der Waals surface area contributed by atoms with Gasteiger partial charge in [0.25, 0.3) is 6.43 Å². The molecular formula is C10H11F2N5. The van der Waals surface area contributed by atoms with Crippen molar-refractivity contribution in [3.8, 4) is 11.5 Å². The van der Waals surface area contributed by atoms with Crippen molar-refractivity contribution < 1.29 is 8.78 Å². The first-order chi connectivity index (χ1) is 8.11. The van der Waals surface area contributed by atoms with Crippen molar-refractivity contribution in [3.63, 3.8) is 0 Å². The molecule has 0 fully saturated rings. The molecule has 0 aromatic carbocycles. The Labute approximate surface area is 96.3 Å². The SMILES string of the molecule is Cn1ccc(-c2ncc(CN)c(C(F)F)n2)n1. The lowest BCUT2D eigenvalue weighted by Gasteiger charge is -2.06.